The zero-order chi connectivity index (χ0) is 30.1. The Morgan fingerprint density at radius 2 is 1.81 bits per heavy atom. The van der Waals surface area contributed by atoms with E-state index in [1.54, 1.807) is 35.6 Å². The van der Waals surface area contributed by atoms with Gasteiger partial charge in [0.25, 0.3) is 5.91 Å². The van der Waals surface area contributed by atoms with Crippen LogP contribution in [0.2, 0.25) is 0 Å². The van der Waals surface area contributed by atoms with Gasteiger partial charge in [-0.05, 0) is 79.5 Å². The summed E-state index contributed by atoms with van der Waals surface area (Å²) >= 11 is 1.58. The van der Waals surface area contributed by atoms with Gasteiger partial charge in [0, 0.05) is 47.7 Å². The van der Waals surface area contributed by atoms with Crippen LogP contribution in [0.5, 0.6) is 0 Å². The topological polar surface area (TPSA) is 125 Å². The van der Waals surface area contributed by atoms with E-state index in [9.17, 15) is 14.4 Å². The molecule has 2 amide bonds. The smallest absolute Gasteiger partial charge is 0.328 e. The maximum absolute atomic E-state index is 13.6. The SMILES string of the molecule is CNc1nc(-c2c(C3CCCC3)c3ccc(C(=O)NC4(C(=O)Nc5ccc(/C=C/C(=O)O)cc5)CCC4)cc3n2C)cs1. The molecule has 0 unspecified atom stereocenters. The molecule has 2 aromatic heterocycles. The average molecular weight is 598 g/mol. The van der Waals surface area contributed by atoms with E-state index in [0.717, 1.165) is 52.8 Å². The highest BCUT2D eigenvalue weighted by Gasteiger charge is 2.45. The van der Waals surface area contributed by atoms with Gasteiger partial charge in [-0.15, -0.1) is 11.3 Å². The van der Waals surface area contributed by atoms with Crippen molar-refractivity contribution in [1.82, 2.24) is 14.9 Å². The number of carbonyl (C=O) groups is 3. The quantitative estimate of drug-likeness (QED) is 0.166. The number of amides is 2. The summed E-state index contributed by atoms with van der Waals surface area (Å²) in [6.07, 6.45) is 9.25. The number of carboxylic acids is 1. The van der Waals surface area contributed by atoms with Gasteiger partial charge in [-0.2, -0.15) is 0 Å². The minimum atomic E-state index is -1.02. The normalized spacial score (nSPS) is 16.3. The number of nitrogens with one attached hydrogen (secondary N) is 3. The van der Waals surface area contributed by atoms with Gasteiger partial charge in [0.15, 0.2) is 5.13 Å². The van der Waals surface area contributed by atoms with Gasteiger partial charge >= 0.3 is 5.97 Å². The van der Waals surface area contributed by atoms with Crippen LogP contribution in [0.4, 0.5) is 10.8 Å². The van der Waals surface area contributed by atoms with Crippen LogP contribution in [0, 0.1) is 0 Å². The summed E-state index contributed by atoms with van der Waals surface area (Å²) in [7, 11) is 3.92. The lowest BCUT2D eigenvalue weighted by Crippen LogP contribution is -2.61. The van der Waals surface area contributed by atoms with Gasteiger partial charge in [0.05, 0.1) is 5.69 Å². The molecule has 0 spiro atoms. The van der Waals surface area contributed by atoms with Gasteiger partial charge in [-0.1, -0.05) is 31.0 Å². The lowest BCUT2D eigenvalue weighted by molar-refractivity contribution is -0.131. The highest BCUT2D eigenvalue weighted by molar-refractivity contribution is 7.14. The molecule has 0 aliphatic heterocycles. The number of aryl methyl sites for hydroxylation is 1. The van der Waals surface area contributed by atoms with E-state index in [1.165, 1.54) is 24.5 Å². The van der Waals surface area contributed by atoms with Crippen molar-refractivity contribution in [3.8, 4) is 11.4 Å². The summed E-state index contributed by atoms with van der Waals surface area (Å²) in [5.74, 6) is -1.09. The minimum absolute atomic E-state index is 0.254. The van der Waals surface area contributed by atoms with Gasteiger partial charge in [-0.25, -0.2) is 9.78 Å². The fourth-order valence-electron chi connectivity index (χ4n) is 6.37. The Hall–Kier alpha value is -4.44. The number of carbonyl (C=O) groups excluding carboxylic acids is 2. The van der Waals surface area contributed by atoms with Crippen molar-refractivity contribution in [3.63, 3.8) is 0 Å². The first-order valence-electron chi connectivity index (χ1n) is 14.7. The predicted octanol–water partition coefficient (Wildman–Crippen LogP) is 6.39. The number of thiazole rings is 1. The molecule has 2 saturated carbocycles. The fraction of sp³-hybridized carbons (Fsp3) is 0.333. The maximum atomic E-state index is 13.6. The second kappa shape index (κ2) is 11.7. The summed E-state index contributed by atoms with van der Waals surface area (Å²) < 4.78 is 2.16. The van der Waals surface area contributed by atoms with Crippen LogP contribution in [0.1, 0.15) is 72.3 Å². The maximum Gasteiger partial charge on any atom is 0.328 e. The molecule has 222 valence electrons. The largest absolute Gasteiger partial charge is 0.478 e. The second-order valence-corrected chi connectivity index (χ2v) is 12.3. The molecule has 6 rings (SSSR count). The lowest BCUT2D eigenvalue weighted by Gasteiger charge is -2.40. The Balaban J connectivity index is 1.25. The third kappa shape index (κ3) is 5.54. The first-order chi connectivity index (χ1) is 20.8. The molecular weight excluding hydrogens is 562 g/mol. The molecule has 2 heterocycles. The minimum Gasteiger partial charge on any atom is -0.478 e. The van der Waals surface area contributed by atoms with Crippen LogP contribution >= 0.6 is 11.3 Å². The molecule has 2 aromatic carbocycles. The lowest BCUT2D eigenvalue weighted by atomic mass is 9.75. The van der Waals surface area contributed by atoms with Crippen LogP contribution in [-0.4, -0.2) is 45.0 Å². The summed E-state index contributed by atoms with van der Waals surface area (Å²) in [6, 6.07) is 12.8. The van der Waals surface area contributed by atoms with Crippen molar-refractivity contribution in [2.24, 2.45) is 7.05 Å². The zero-order valence-corrected chi connectivity index (χ0v) is 25.1. The fourth-order valence-corrected chi connectivity index (χ4v) is 7.02. The summed E-state index contributed by atoms with van der Waals surface area (Å²) in [4.78, 5) is 42.6. The molecule has 4 aromatic rings. The third-order valence-electron chi connectivity index (χ3n) is 8.81. The molecule has 43 heavy (non-hydrogen) atoms. The van der Waals surface area contributed by atoms with E-state index in [-0.39, 0.29) is 11.8 Å². The number of nitrogens with zero attached hydrogens (tertiary/aromatic N) is 2. The van der Waals surface area contributed by atoms with Crippen molar-refractivity contribution in [2.45, 2.75) is 56.4 Å². The number of carboxylic acid groups (broad SMARTS) is 1. The number of anilines is 2. The molecule has 0 atom stereocenters. The number of fused-ring (bicyclic) bond motifs is 1. The molecule has 2 fully saturated rings. The Morgan fingerprint density at radius 3 is 2.44 bits per heavy atom. The van der Waals surface area contributed by atoms with Gasteiger partial charge in [0.1, 0.15) is 11.2 Å². The van der Waals surface area contributed by atoms with E-state index in [4.69, 9.17) is 10.1 Å². The molecule has 9 nitrogen and oxygen atoms in total. The number of aliphatic carboxylic acids is 1. The van der Waals surface area contributed by atoms with Crippen molar-refractivity contribution in [1.29, 1.82) is 0 Å². The summed E-state index contributed by atoms with van der Waals surface area (Å²) in [5, 5.41) is 22.1. The summed E-state index contributed by atoms with van der Waals surface area (Å²) in [5.41, 5.74) is 5.17. The molecule has 10 heteroatoms. The second-order valence-electron chi connectivity index (χ2n) is 11.5. The third-order valence-corrected chi connectivity index (χ3v) is 9.67. The van der Waals surface area contributed by atoms with Gasteiger partial charge in [0.2, 0.25) is 5.91 Å². The molecule has 0 radical (unpaired) electrons. The van der Waals surface area contributed by atoms with E-state index in [0.29, 0.717) is 35.6 Å². The van der Waals surface area contributed by atoms with E-state index in [2.05, 4.69) is 32.0 Å². The van der Waals surface area contributed by atoms with Gasteiger partial charge < -0.3 is 25.6 Å². The average Bonchev–Trinajstić information content (AvgIpc) is 3.74. The van der Waals surface area contributed by atoms with E-state index >= 15 is 0 Å². The van der Waals surface area contributed by atoms with E-state index < -0.39 is 11.5 Å². The Bertz CT molecular complexity index is 1730. The van der Waals surface area contributed by atoms with Crippen LogP contribution in [0.15, 0.2) is 53.9 Å². The monoisotopic (exact) mass is 597 g/mol. The first kappa shape index (κ1) is 28.7. The zero-order valence-electron chi connectivity index (χ0n) is 24.3. The molecule has 2 aliphatic carbocycles. The van der Waals surface area contributed by atoms with Crippen LogP contribution < -0.4 is 16.0 Å². The number of rotatable bonds is 9. The van der Waals surface area contributed by atoms with Crippen LogP contribution in [-0.2, 0) is 16.6 Å². The Morgan fingerprint density at radius 1 is 1.07 bits per heavy atom. The van der Waals surface area contributed by atoms with Gasteiger partial charge in [-0.3, -0.25) is 9.59 Å². The number of hydrogen-bond donors (Lipinski definition) is 4. The molecule has 0 saturated heterocycles. The van der Waals surface area contributed by atoms with Crippen LogP contribution in [0.25, 0.3) is 28.4 Å². The number of hydrogen-bond acceptors (Lipinski definition) is 6. The van der Waals surface area contributed by atoms with Crippen molar-refractivity contribution in [2.75, 3.05) is 17.7 Å². The molecule has 4 N–H and O–H groups in total. The highest BCUT2D eigenvalue weighted by atomic mass is 32.1. The predicted molar refractivity (Wildman–Crippen MR) is 171 cm³/mol. The number of aromatic nitrogens is 2. The summed E-state index contributed by atoms with van der Waals surface area (Å²) in [6.45, 7) is 0. The molecule has 2 aliphatic rings. The molecular formula is C33H35N5O4S. The molecule has 0 bridgehead atoms. The Labute approximate surface area is 254 Å². The van der Waals surface area contributed by atoms with Crippen molar-refractivity contribution in [3.05, 3.63) is 70.6 Å². The first-order valence-corrected chi connectivity index (χ1v) is 15.6. The van der Waals surface area contributed by atoms with E-state index in [1.807, 2.05) is 26.2 Å². The Kier molecular flexibility index (Phi) is 7.79. The number of benzene rings is 2. The van der Waals surface area contributed by atoms with Crippen molar-refractivity contribution < 1.29 is 19.5 Å². The standard InChI is InChI=1S/C33H35N5O4S/c1-34-32-36-25(19-43-32)29-28(21-6-3-4-7-21)24-14-11-22(18-26(24)38(29)2)30(41)37-33(16-5-17-33)31(42)35-23-12-8-20(9-13-23)10-15-27(39)40/h8-15,18-19,21H,3-7,16-17H2,1-2H3,(H,34,36)(H,35,42)(H,37,41)(H,39,40)/b15-10+. The van der Waals surface area contributed by atoms with Crippen LogP contribution in [0.3, 0.4) is 0 Å². The van der Waals surface area contributed by atoms with Crippen molar-refractivity contribution >= 4 is 56.9 Å². The highest BCUT2D eigenvalue weighted by Crippen LogP contribution is 2.45.